The van der Waals surface area contributed by atoms with E-state index >= 15 is 0 Å². The first kappa shape index (κ1) is 18.1. The molecule has 0 saturated carbocycles. The summed E-state index contributed by atoms with van der Waals surface area (Å²) in [6.07, 6.45) is 0. The van der Waals surface area contributed by atoms with E-state index in [1.165, 1.54) is 33.4 Å². The monoisotopic (exact) mass is 393 g/mol. The normalized spacial score (nSPS) is 13.6. The van der Waals surface area contributed by atoms with Crippen molar-refractivity contribution in [3.05, 3.63) is 108 Å². The number of rotatable bonds is 3. The Labute approximate surface area is 178 Å². The maximum atomic E-state index is 4.82. The third kappa shape index (κ3) is 2.95. The molecule has 2 heteroatoms. The number of thiol groups is 1. The van der Waals surface area contributed by atoms with Gasteiger partial charge in [-0.3, -0.25) is 4.31 Å². The van der Waals surface area contributed by atoms with E-state index in [-0.39, 0.29) is 5.41 Å². The molecule has 29 heavy (non-hydrogen) atoms. The van der Waals surface area contributed by atoms with Crippen LogP contribution in [0.1, 0.15) is 25.0 Å². The first-order valence-corrected chi connectivity index (χ1v) is 10.3. The van der Waals surface area contributed by atoms with E-state index in [2.05, 4.69) is 105 Å². The second-order valence-electron chi connectivity index (χ2n) is 8.13. The quantitative estimate of drug-likeness (QED) is 0.350. The third-order valence-corrected chi connectivity index (χ3v) is 6.49. The topological polar surface area (TPSA) is 3.24 Å². The van der Waals surface area contributed by atoms with E-state index in [9.17, 15) is 0 Å². The molecule has 0 bridgehead atoms. The van der Waals surface area contributed by atoms with Crippen LogP contribution in [0.5, 0.6) is 0 Å². The molecule has 0 amide bonds. The number of fused-ring (bicyclic) bond motifs is 3. The van der Waals surface area contributed by atoms with Crippen LogP contribution in [0, 0.1) is 0 Å². The molecule has 1 aliphatic carbocycles. The zero-order chi connectivity index (χ0) is 20.0. The maximum Gasteiger partial charge on any atom is 0.0526 e. The van der Waals surface area contributed by atoms with Gasteiger partial charge < -0.3 is 0 Å². The molecule has 142 valence electrons. The molecule has 4 aromatic rings. The summed E-state index contributed by atoms with van der Waals surface area (Å²) in [5.74, 6) is 0. The molecule has 0 spiro atoms. The van der Waals surface area contributed by atoms with Gasteiger partial charge in [0, 0.05) is 5.41 Å². The van der Waals surface area contributed by atoms with Crippen molar-refractivity contribution in [3.63, 3.8) is 0 Å². The highest BCUT2D eigenvalue weighted by atomic mass is 32.1. The highest BCUT2D eigenvalue weighted by Crippen LogP contribution is 2.49. The molecule has 0 saturated heterocycles. The Kier molecular flexibility index (Phi) is 4.25. The fourth-order valence-electron chi connectivity index (χ4n) is 4.40. The van der Waals surface area contributed by atoms with Crippen LogP contribution < -0.4 is 4.31 Å². The summed E-state index contributed by atoms with van der Waals surface area (Å²) in [7, 11) is 0. The second kappa shape index (κ2) is 6.82. The van der Waals surface area contributed by atoms with Crippen LogP contribution >= 0.6 is 12.8 Å². The average molecular weight is 394 g/mol. The Morgan fingerprint density at radius 2 is 1.17 bits per heavy atom. The lowest BCUT2D eigenvalue weighted by atomic mass is 9.82. The Balaban J connectivity index is 1.49. The Morgan fingerprint density at radius 1 is 0.586 bits per heavy atom. The molecule has 0 unspecified atom stereocenters. The molecule has 0 N–H and O–H groups in total. The molecule has 0 aromatic heterocycles. The Bertz CT molecular complexity index is 1180. The Morgan fingerprint density at radius 3 is 1.93 bits per heavy atom. The van der Waals surface area contributed by atoms with Crippen LogP contribution in [-0.4, -0.2) is 0 Å². The van der Waals surface area contributed by atoms with Crippen molar-refractivity contribution in [1.29, 1.82) is 0 Å². The lowest BCUT2D eigenvalue weighted by Crippen LogP contribution is -2.15. The van der Waals surface area contributed by atoms with Crippen LogP contribution in [-0.2, 0) is 5.41 Å². The van der Waals surface area contributed by atoms with Crippen LogP contribution in [0.15, 0.2) is 97.1 Å². The molecule has 0 atom stereocenters. The van der Waals surface area contributed by atoms with Crippen molar-refractivity contribution in [2.45, 2.75) is 19.3 Å². The molecule has 0 fully saturated rings. The number of hydrogen-bond donors (Lipinski definition) is 1. The minimum Gasteiger partial charge on any atom is -0.287 e. The second-order valence-corrected chi connectivity index (χ2v) is 8.53. The average Bonchev–Trinajstić information content (AvgIpc) is 3.01. The molecular formula is C27H23NS. The minimum absolute atomic E-state index is 0.00623. The van der Waals surface area contributed by atoms with Crippen LogP contribution in [0.4, 0.5) is 11.4 Å². The lowest BCUT2D eigenvalue weighted by molar-refractivity contribution is 0.660. The highest BCUT2D eigenvalue weighted by molar-refractivity contribution is 7.82. The van der Waals surface area contributed by atoms with Gasteiger partial charge in [0.25, 0.3) is 0 Å². The largest absolute Gasteiger partial charge is 0.287 e. The van der Waals surface area contributed by atoms with Gasteiger partial charge in [-0.2, -0.15) is 0 Å². The summed E-state index contributed by atoms with van der Waals surface area (Å²) in [5, 5.41) is 0. The summed E-state index contributed by atoms with van der Waals surface area (Å²) in [5.41, 5.74) is 9.99. The van der Waals surface area contributed by atoms with E-state index in [1.807, 2.05) is 10.4 Å². The molecule has 0 radical (unpaired) electrons. The highest BCUT2D eigenvalue weighted by Gasteiger charge is 2.35. The van der Waals surface area contributed by atoms with Gasteiger partial charge in [-0.15, -0.1) is 0 Å². The number of benzene rings is 4. The van der Waals surface area contributed by atoms with Crippen LogP contribution in [0.3, 0.4) is 0 Å². The molecule has 4 aromatic carbocycles. The smallest absolute Gasteiger partial charge is 0.0526 e. The van der Waals surface area contributed by atoms with Crippen molar-refractivity contribution in [3.8, 4) is 22.3 Å². The van der Waals surface area contributed by atoms with E-state index in [0.717, 1.165) is 11.4 Å². The van der Waals surface area contributed by atoms with Crippen LogP contribution in [0.2, 0.25) is 0 Å². The van der Waals surface area contributed by atoms with E-state index in [1.54, 1.807) is 0 Å². The van der Waals surface area contributed by atoms with Crippen molar-refractivity contribution < 1.29 is 0 Å². The molecule has 5 rings (SSSR count). The molecule has 0 heterocycles. The van der Waals surface area contributed by atoms with E-state index < -0.39 is 0 Å². The summed E-state index contributed by atoms with van der Waals surface area (Å²) < 4.78 is 1.97. The van der Waals surface area contributed by atoms with Gasteiger partial charge in [0.1, 0.15) is 0 Å². The summed E-state index contributed by atoms with van der Waals surface area (Å²) in [6, 6.07) is 34.4. The maximum absolute atomic E-state index is 4.82. The predicted molar refractivity (Wildman–Crippen MR) is 127 cm³/mol. The molecule has 1 nitrogen and oxygen atoms in total. The van der Waals surface area contributed by atoms with Gasteiger partial charge in [0.05, 0.1) is 11.4 Å². The summed E-state index contributed by atoms with van der Waals surface area (Å²) in [4.78, 5) is 0. The Hall–Kier alpha value is -2.97. The molecule has 1 aliphatic rings. The summed E-state index contributed by atoms with van der Waals surface area (Å²) >= 11 is 4.82. The standard InChI is InChI=1S/C27H23NS/c1-27(2)25-11-7-6-10-23(25)24-17-16-22(18-26(24)27)28(29)21-14-12-20(13-15-21)19-8-4-3-5-9-19/h3-18,29H,1-2H3. The zero-order valence-electron chi connectivity index (χ0n) is 16.6. The van der Waals surface area contributed by atoms with Crippen molar-refractivity contribution >= 4 is 24.2 Å². The van der Waals surface area contributed by atoms with Crippen molar-refractivity contribution in [2.75, 3.05) is 4.31 Å². The number of nitrogens with zero attached hydrogens (tertiary/aromatic N) is 1. The fraction of sp³-hybridized carbons (Fsp3) is 0.111. The first-order valence-electron chi connectivity index (χ1n) is 9.94. The van der Waals surface area contributed by atoms with Gasteiger partial charge in [0.2, 0.25) is 0 Å². The van der Waals surface area contributed by atoms with Gasteiger partial charge in [-0.25, -0.2) is 0 Å². The van der Waals surface area contributed by atoms with Gasteiger partial charge >= 0.3 is 0 Å². The molecular weight excluding hydrogens is 370 g/mol. The third-order valence-electron chi connectivity index (χ3n) is 6.03. The van der Waals surface area contributed by atoms with E-state index in [0.29, 0.717) is 0 Å². The zero-order valence-corrected chi connectivity index (χ0v) is 17.5. The predicted octanol–water partition coefficient (Wildman–Crippen LogP) is 7.64. The molecule has 0 aliphatic heterocycles. The first-order chi connectivity index (χ1) is 14.1. The lowest BCUT2D eigenvalue weighted by Gasteiger charge is -2.24. The summed E-state index contributed by atoms with van der Waals surface area (Å²) in [6.45, 7) is 4.61. The van der Waals surface area contributed by atoms with Gasteiger partial charge in [-0.05, 0) is 57.6 Å². The number of hydrogen-bond acceptors (Lipinski definition) is 2. The minimum atomic E-state index is -0.00623. The van der Waals surface area contributed by atoms with Gasteiger partial charge in [0.15, 0.2) is 0 Å². The SMILES string of the molecule is CC1(C)c2ccccc2-c2ccc(N(S)c3ccc(-c4ccccc4)cc3)cc21. The number of anilines is 2. The fourth-order valence-corrected chi connectivity index (χ4v) is 4.66. The van der Waals surface area contributed by atoms with Crippen molar-refractivity contribution in [2.24, 2.45) is 0 Å². The van der Waals surface area contributed by atoms with Crippen LogP contribution in [0.25, 0.3) is 22.3 Å². The van der Waals surface area contributed by atoms with Crippen molar-refractivity contribution in [1.82, 2.24) is 0 Å². The van der Waals surface area contributed by atoms with Gasteiger partial charge in [-0.1, -0.05) is 99.5 Å². The van der Waals surface area contributed by atoms with E-state index in [4.69, 9.17) is 12.8 Å².